The summed E-state index contributed by atoms with van der Waals surface area (Å²) in [6.45, 7) is 0.127. The molecule has 0 unspecified atom stereocenters. The fourth-order valence-electron chi connectivity index (χ4n) is 2.36. The van der Waals surface area contributed by atoms with E-state index in [2.05, 4.69) is 0 Å². The molecule has 2 aromatic rings. The molecule has 3 N–H and O–H groups in total. The van der Waals surface area contributed by atoms with E-state index in [0.717, 1.165) is 0 Å². The minimum atomic E-state index is -1.05. The van der Waals surface area contributed by atoms with Crippen LogP contribution in [0.15, 0.2) is 30.3 Å². The second-order valence-corrected chi connectivity index (χ2v) is 4.64. The zero-order chi connectivity index (χ0) is 15.0. The first-order valence-electron chi connectivity index (χ1n) is 6.21. The lowest BCUT2D eigenvalue weighted by Crippen LogP contribution is -2.02. The molecule has 3 rings (SSSR count). The molecule has 0 fully saturated rings. The van der Waals surface area contributed by atoms with Gasteiger partial charge in [-0.05, 0) is 29.3 Å². The van der Waals surface area contributed by atoms with Gasteiger partial charge in [-0.2, -0.15) is 0 Å². The number of carboxylic acid groups (broad SMARTS) is 1. The van der Waals surface area contributed by atoms with Crippen LogP contribution in [0.1, 0.15) is 5.56 Å². The Morgan fingerprint density at radius 3 is 2.62 bits per heavy atom. The Morgan fingerprint density at radius 2 is 1.86 bits per heavy atom. The van der Waals surface area contributed by atoms with Gasteiger partial charge in [0.25, 0.3) is 0 Å². The van der Waals surface area contributed by atoms with E-state index < -0.39 is 5.97 Å². The van der Waals surface area contributed by atoms with Gasteiger partial charge in [-0.15, -0.1) is 0 Å². The molecule has 0 spiro atoms. The predicted octanol–water partition coefficient (Wildman–Crippen LogP) is 2.12. The van der Waals surface area contributed by atoms with E-state index in [4.69, 9.17) is 14.6 Å². The number of phenolic OH excluding ortho intramolecular Hbond substituents is 2. The molecule has 2 aromatic carbocycles. The molecule has 6 heteroatoms. The molecule has 0 aliphatic carbocycles. The minimum absolute atomic E-state index is 0.127. The van der Waals surface area contributed by atoms with Gasteiger partial charge in [-0.25, -0.2) is 0 Å². The maximum Gasteiger partial charge on any atom is 0.307 e. The molecular formula is C15H12O6. The van der Waals surface area contributed by atoms with E-state index in [1.54, 1.807) is 18.2 Å². The summed E-state index contributed by atoms with van der Waals surface area (Å²) in [7, 11) is 0. The molecule has 1 heterocycles. The van der Waals surface area contributed by atoms with Crippen LogP contribution in [-0.2, 0) is 11.2 Å². The summed E-state index contributed by atoms with van der Waals surface area (Å²) in [5.74, 6) is -0.307. The Hall–Kier alpha value is -2.89. The third kappa shape index (κ3) is 2.43. The van der Waals surface area contributed by atoms with Crippen molar-refractivity contribution >= 4 is 5.97 Å². The molecule has 0 saturated carbocycles. The fraction of sp³-hybridized carbons (Fsp3) is 0.133. The van der Waals surface area contributed by atoms with Gasteiger partial charge in [-0.3, -0.25) is 4.79 Å². The number of rotatable bonds is 3. The van der Waals surface area contributed by atoms with Gasteiger partial charge in [0.05, 0.1) is 6.42 Å². The lowest BCUT2D eigenvalue weighted by Gasteiger charge is -2.12. The standard InChI is InChI=1S/C15H12O6/c16-10-3-9(5-14(18)19)15(11(17)6-10)8-1-2-12-13(4-8)21-7-20-12/h1-4,6,16-17H,5,7H2,(H,18,19). The van der Waals surface area contributed by atoms with E-state index in [1.165, 1.54) is 12.1 Å². The highest BCUT2D eigenvalue weighted by Gasteiger charge is 2.19. The molecule has 0 radical (unpaired) electrons. The van der Waals surface area contributed by atoms with Crippen molar-refractivity contribution in [1.29, 1.82) is 0 Å². The van der Waals surface area contributed by atoms with Crippen LogP contribution < -0.4 is 9.47 Å². The lowest BCUT2D eigenvalue weighted by atomic mass is 9.96. The van der Waals surface area contributed by atoms with Crippen molar-refractivity contribution in [3.8, 4) is 34.1 Å². The number of aromatic hydroxyl groups is 2. The Kier molecular flexibility index (Phi) is 3.06. The van der Waals surface area contributed by atoms with Crippen LogP contribution in [0.2, 0.25) is 0 Å². The van der Waals surface area contributed by atoms with Crippen molar-refractivity contribution in [1.82, 2.24) is 0 Å². The average molecular weight is 288 g/mol. The second-order valence-electron chi connectivity index (χ2n) is 4.64. The molecule has 1 aliphatic heterocycles. The zero-order valence-corrected chi connectivity index (χ0v) is 10.9. The summed E-state index contributed by atoms with van der Waals surface area (Å²) in [4.78, 5) is 11.0. The van der Waals surface area contributed by atoms with Crippen molar-refractivity contribution < 1.29 is 29.6 Å². The van der Waals surface area contributed by atoms with E-state index >= 15 is 0 Å². The van der Waals surface area contributed by atoms with Crippen molar-refractivity contribution in [3.63, 3.8) is 0 Å². The average Bonchev–Trinajstić information content (AvgIpc) is 2.84. The lowest BCUT2D eigenvalue weighted by molar-refractivity contribution is -0.136. The summed E-state index contributed by atoms with van der Waals surface area (Å²) in [6.07, 6.45) is -0.314. The van der Waals surface area contributed by atoms with Crippen LogP contribution >= 0.6 is 0 Å². The maximum absolute atomic E-state index is 11.0. The van der Waals surface area contributed by atoms with Crippen LogP contribution in [0.3, 0.4) is 0 Å². The zero-order valence-electron chi connectivity index (χ0n) is 10.9. The molecule has 0 bridgehead atoms. The quantitative estimate of drug-likeness (QED) is 0.800. The molecule has 0 atom stereocenters. The third-order valence-electron chi connectivity index (χ3n) is 3.19. The van der Waals surface area contributed by atoms with E-state index in [1.807, 2.05) is 0 Å². The van der Waals surface area contributed by atoms with Crippen LogP contribution in [0.25, 0.3) is 11.1 Å². The highest BCUT2D eigenvalue weighted by molar-refractivity contribution is 5.81. The Balaban J connectivity index is 2.14. The van der Waals surface area contributed by atoms with Crippen LogP contribution in [0, 0.1) is 0 Å². The number of carboxylic acids is 1. The second kappa shape index (κ2) is 4.90. The number of phenols is 2. The van der Waals surface area contributed by atoms with E-state index in [-0.39, 0.29) is 24.7 Å². The van der Waals surface area contributed by atoms with Crippen LogP contribution in [0.5, 0.6) is 23.0 Å². The Labute approximate surface area is 119 Å². The summed E-state index contributed by atoms with van der Waals surface area (Å²) in [6, 6.07) is 7.55. The Bertz CT molecular complexity index is 722. The monoisotopic (exact) mass is 288 g/mol. The minimum Gasteiger partial charge on any atom is -0.508 e. The summed E-state index contributed by atoms with van der Waals surface area (Å²) in [5.41, 5.74) is 1.26. The molecular weight excluding hydrogens is 276 g/mol. The summed E-state index contributed by atoms with van der Waals surface area (Å²) >= 11 is 0. The van der Waals surface area contributed by atoms with Gasteiger partial charge in [-0.1, -0.05) is 6.07 Å². The molecule has 108 valence electrons. The third-order valence-corrected chi connectivity index (χ3v) is 3.19. The van der Waals surface area contributed by atoms with Crippen molar-refractivity contribution in [2.75, 3.05) is 6.79 Å². The maximum atomic E-state index is 11.0. The van der Waals surface area contributed by atoms with Gasteiger partial charge in [0.2, 0.25) is 6.79 Å². The number of ether oxygens (including phenoxy) is 2. The normalized spacial score (nSPS) is 12.4. The fourth-order valence-corrected chi connectivity index (χ4v) is 2.36. The molecule has 21 heavy (non-hydrogen) atoms. The first kappa shape index (κ1) is 13.1. The largest absolute Gasteiger partial charge is 0.508 e. The molecule has 0 aromatic heterocycles. The highest BCUT2D eigenvalue weighted by Crippen LogP contribution is 2.41. The number of aliphatic carboxylic acids is 1. The van der Waals surface area contributed by atoms with Gasteiger partial charge < -0.3 is 24.8 Å². The van der Waals surface area contributed by atoms with Crippen LogP contribution in [-0.4, -0.2) is 28.1 Å². The topological polar surface area (TPSA) is 96.2 Å². The Morgan fingerprint density at radius 1 is 1.10 bits per heavy atom. The number of benzene rings is 2. The smallest absolute Gasteiger partial charge is 0.307 e. The number of carbonyl (C=O) groups is 1. The van der Waals surface area contributed by atoms with E-state index in [0.29, 0.717) is 28.2 Å². The molecule has 0 amide bonds. The highest BCUT2D eigenvalue weighted by atomic mass is 16.7. The number of hydrogen-bond donors (Lipinski definition) is 3. The number of hydrogen-bond acceptors (Lipinski definition) is 5. The summed E-state index contributed by atoms with van der Waals surface area (Å²) < 4.78 is 10.5. The van der Waals surface area contributed by atoms with Gasteiger partial charge >= 0.3 is 5.97 Å². The molecule has 1 aliphatic rings. The summed E-state index contributed by atoms with van der Waals surface area (Å²) in [5, 5.41) is 28.6. The molecule has 6 nitrogen and oxygen atoms in total. The van der Waals surface area contributed by atoms with Crippen molar-refractivity contribution in [3.05, 3.63) is 35.9 Å². The molecule has 0 saturated heterocycles. The predicted molar refractivity (Wildman–Crippen MR) is 72.7 cm³/mol. The van der Waals surface area contributed by atoms with E-state index in [9.17, 15) is 15.0 Å². The number of fused-ring (bicyclic) bond motifs is 1. The van der Waals surface area contributed by atoms with Gasteiger partial charge in [0.1, 0.15) is 11.5 Å². The van der Waals surface area contributed by atoms with Crippen molar-refractivity contribution in [2.45, 2.75) is 6.42 Å². The SMILES string of the molecule is O=C(O)Cc1cc(O)cc(O)c1-c1ccc2c(c1)OCO2. The first-order valence-corrected chi connectivity index (χ1v) is 6.21. The van der Waals surface area contributed by atoms with Crippen LogP contribution in [0.4, 0.5) is 0 Å². The van der Waals surface area contributed by atoms with Gasteiger partial charge in [0.15, 0.2) is 11.5 Å². The first-order chi connectivity index (χ1) is 10.0. The van der Waals surface area contributed by atoms with Gasteiger partial charge in [0, 0.05) is 11.6 Å². The van der Waals surface area contributed by atoms with Crippen molar-refractivity contribution in [2.24, 2.45) is 0 Å².